The molecule has 0 aromatic carbocycles. The quantitative estimate of drug-likeness (QED) is 0.0640. The molecule has 1 N–H and O–H groups in total. The van der Waals surface area contributed by atoms with Gasteiger partial charge in [-0.2, -0.15) is 0 Å². The highest BCUT2D eigenvalue weighted by atomic mass is 32.2. The summed E-state index contributed by atoms with van der Waals surface area (Å²) in [5, 5.41) is 0. The summed E-state index contributed by atoms with van der Waals surface area (Å²) < 4.78 is 18.9. The number of allylic oxidation sites excluding steroid dienone is 2. The Bertz CT molecular complexity index is 726. The number of fused-ring (bicyclic) bond motifs is 1. The molecule has 0 aliphatic carbocycles. The number of unbranched alkanes of at least 4 members (excludes halogenated alkanes) is 16. The van der Waals surface area contributed by atoms with Gasteiger partial charge >= 0.3 is 0 Å². The van der Waals surface area contributed by atoms with Crippen molar-refractivity contribution in [2.24, 2.45) is 11.8 Å². The molecule has 0 saturated heterocycles. The number of nitrogens with one attached hydrogen (secondary N) is 1. The number of nitrogens with zero attached hydrogens (tertiary/aromatic N) is 1. The van der Waals surface area contributed by atoms with E-state index >= 15 is 0 Å². The summed E-state index contributed by atoms with van der Waals surface area (Å²) in [6, 6.07) is 0. The van der Waals surface area contributed by atoms with E-state index in [4.69, 9.17) is 9.47 Å². The summed E-state index contributed by atoms with van der Waals surface area (Å²) in [5.41, 5.74) is 1.07. The topological polar surface area (TPSA) is 33.7 Å². The van der Waals surface area contributed by atoms with E-state index in [0.29, 0.717) is 11.8 Å². The van der Waals surface area contributed by atoms with Crippen molar-refractivity contribution in [3.05, 3.63) is 35.7 Å². The lowest BCUT2D eigenvalue weighted by Gasteiger charge is -2.24. The first-order valence-corrected chi connectivity index (χ1v) is 19.6. The lowest BCUT2D eigenvalue weighted by atomic mass is 9.95. The van der Waals surface area contributed by atoms with Crippen LogP contribution in [0.15, 0.2) is 35.7 Å². The highest BCUT2D eigenvalue weighted by molar-refractivity contribution is 7.95. The molecule has 2 aliphatic rings. The van der Waals surface area contributed by atoms with Crippen LogP contribution in [-0.2, 0) is 9.47 Å². The van der Waals surface area contributed by atoms with Crippen molar-refractivity contribution >= 4 is 12.1 Å². The second kappa shape index (κ2) is 26.0. The Morgan fingerprint density at radius 1 is 0.581 bits per heavy atom. The first kappa shape index (κ1) is 38.0. The predicted molar refractivity (Wildman–Crippen MR) is 189 cm³/mol. The normalized spacial score (nSPS) is 15.8. The maximum atomic E-state index is 6.63. The van der Waals surface area contributed by atoms with E-state index in [1.807, 2.05) is 0 Å². The number of hydrogen-bond donors (Lipinski definition) is 1. The standard InChI is InChI=1S/C38H70N2O2S/c1-5-9-13-17-19-23-28-34(26-21-15-11-7-3)32-41-36-30-25-31-40-37(36)38(39-43-40)42-33-35(27-22-16-12-8-4)29-24-20-18-14-10-6-2/h25,30-31,34-35,39H,5-24,26-29,32-33H2,1-4H3. The zero-order valence-electron chi connectivity index (χ0n) is 28.9. The third-order valence-electron chi connectivity index (χ3n) is 9.18. The van der Waals surface area contributed by atoms with Gasteiger partial charge in [0.25, 0.3) is 0 Å². The Kier molecular flexibility index (Phi) is 23.0. The molecule has 0 radical (unpaired) electrons. The molecule has 0 aromatic rings. The van der Waals surface area contributed by atoms with Gasteiger partial charge in [0.15, 0.2) is 5.70 Å². The van der Waals surface area contributed by atoms with Gasteiger partial charge in [-0.3, -0.25) is 9.03 Å². The van der Waals surface area contributed by atoms with Crippen molar-refractivity contribution in [1.82, 2.24) is 9.03 Å². The van der Waals surface area contributed by atoms with Crippen LogP contribution < -0.4 is 4.72 Å². The molecule has 0 amide bonds. The monoisotopic (exact) mass is 619 g/mol. The van der Waals surface area contributed by atoms with Gasteiger partial charge in [-0.1, -0.05) is 156 Å². The van der Waals surface area contributed by atoms with Crippen molar-refractivity contribution in [2.45, 2.75) is 182 Å². The second-order valence-electron chi connectivity index (χ2n) is 13.2. The molecule has 2 unspecified atom stereocenters. The largest absolute Gasteiger partial charge is 0.491 e. The van der Waals surface area contributed by atoms with Crippen LogP contribution in [0.1, 0.15) is 182 Å². The third kappa shape index (κ3) is 17.2. The van der Waals surface area contributed by atoms with Crippen LogP contribution in [0.25, 0.3) is 0 Å². The number of hydrogen-bond acceptors (Lipinski definition) is 5. The summed E-state index contributed by atoms with van der Waals surface area (Å²) in [6.45, 7) is 10.8. The van der Waals surface area contributed by atoms with E-state index in [0.717, 1.165) is 30.6 Å². The van der Waals surface area contributed by atoms with Gasteiger partial charge in [-0.25, -0.2) is 0 Å². The van der Waals surface area contributed by atoms with Crippen LogP contribution in [0, 0.1) is 11.8 Å². The summed E-state index contributed by atoms with van der Waals surface area (Å²) in [5.74, 6) is 3.12. The summed E-state index contributed by atoms with van der Waals surface area (Å²) >= 11 is 1.60. The predicted octanol–water partition coefficient (Wildman–Crippen LogP) is 12.7. The summed E-state index contributed by atoms with van der Waals surface area (Å²) in [6.07, 6.45) is 38.5. The van der Waals surface area contributed by atoms with E-state index in [9.17, 15) is 0 Å². The first-order chi connectivity index (χ1) is 21.2. The molecule has 0 aromatic heterocycles. The van der Waals surface area contributed by atoms with Gasteiger partial charge < -0.3 is 9.47 Å². The van der Waals surface area contributed by atoms with E-state index in [1.54, 1.807) is 12.1 Å². The van der Waals surface area contributed by atoms with Crippen molar-refractivity contribution in [3.8, 4) is 0 Å². The second-order valence-corrected chi connectivity index (χ2v) is 14.0. The molecule has 2 heterocycles. The van der Waals surface area contributed by atoms with Crippen molar-refractivity contribution in [3.63, 3.8) is 0 Å². The molecule has 2 aliphatic heterocycles. The summed E-state index contributed by atoms with van der Waals surface area (Å²) in [4.78, 5) is 0. The SMILES string of the molecule is CCCCCCCCC(CCCCCC)COC1=CC=CN2SNC(OCC(CCCCCC)CCCCCCCC)=C12. The fourth-order valence-electron chi connectivity index (χ4n) is 6.29. The first-order valence-electron chi connectivity index (χ1n) is 18.8. The Balaban J connectivity index is 1.93. The highest BCUT2D eigenvalue weighted by Gasteiger charge is 2.30. The van der Waals surface area contributed by atoms with Crippen LogP contribution in [0.3, 0.4) is 0 Å². The molecule has 0 spiro atoms. The van der Waals surface area contributed by atoms with Crippen molar-refractivity contribution < 1.29 is 9.47 Å². The van der Waals surface area contributed by atoms with E-state index in [2.05, 4.69) is 55.1 Å². The molecule has 2 rings (SSSR count). The molecule has 2 atom stereocenters. The minimum atomic E-state index is 0.634. The van der Waals surface area contributed by atoms with Crippen molar-refractivity contribution in [1.29, 1.82) is 0 Å². The van der Waals surface area contributed by atoms with Crippen LogP contribution in [-0.4, -0.2) is 17.5 Å². The molecule has 0 saturated carbocycles. The fraction of sp³-hybridized carbons (Fsp3) is 0.842. The van der Waals surface area contributed by atoms with E-state index in [1.165, 1.54) is 154 Å². The average molecular weight is 619 g/mol. The van der Waals surface area contributed by atoms with Crippen LogP contribution in [0.2, 0.25) is 0 Å². The molecular formula is C38H70N2O2S. The van der Waals surface area contributed by atoms with Gasteiger partial charge in [-0.15, -0.1) is 0 Å². The number of rotatable bonds is 30. The van der Waals surface area contributed by atoms with Crippen molar-refractivity contribution in [2.75, 3.05) is 13.2 Å². The molecule has 43 heavy (non-hydrogen) atoms. The van der Waals surface area contributed by atoms with Crippen LogP contribution >= 0.6 is 12.1 Å². The average Bonchev–Trinajstić information content (AvgIpc) is 3.45. The summed E-state index contributed by atoms with van der Waals surface area (Å²) in [7, 11) is 0. The van der Waals surface area contributed by atoms with Crippen LogP contribution in [0.4, 0.5) is 0 Å². The molecule has 5 heteroatoms. The Hall–Kier alpha value is -1.23. The van der Waals surface area contributed by atoms with Crippen LogP contribution in [0.5, 0.6) is 0 Å². The molecule has 0 fully saturated rings. The van der Waals surface area contributed by atoms with Gasteiger partial charge in [0.1, 0.15) is 5.76 Å². The van der Waals surface area contributed by atoms with Gasteiger partial charge in [0, 0.05) is 6.20 Å². The smallest absolute Gasteiger partial charge is 0.227 e. The Morgan fingerprint density at radius 2 is 1.00 bits per heavy atom. The Morgan fingerprint density at radius 3 is 1.49 bits per heavy atom. The Labute approximate surface area is 272 Å². The van der Waals surface area contributed by atoms with Gasteiger partial charge in [0.2, 0.25) is 5.88 Å². The third-order valence-corrected chi connectivity index (χ3v) is 9.95. The number of ether oxygens (including phenoxy) is 2. The lowest BCUT2D eigenvalue weighted by molar-refractivity contribution is 0.129. The molecule has 4 nitrogen and oxygen atoms in total. The van der Waals surface area contributed by atoms with E-state index < -0.39 is 0 Å². The zero-order valence-corrected chi connectivity index (χ0v) is 29.8. The fourth-order valence-corrected chi connectivity index (χ4v) is 7.02. The van der Waals surface area contributed by atoms with Gasteiger partial charge in [0.05, 0.1) is 25.3 Å². The van der Waals surface area contributed by atoms with Gasteiger partial charge in [-0.05, 0) is 49.7 Å². The molecule has 250 valence electrons. The van der Waals surface area contributed by atoms with E-state index in [-0.39, 0.29) is 0 Å². The zero-order chi connectivity index (χ0) is 30.8. The maximum Gasteiger partial charge on any atom is 0.227 e. The maximum absolute atomic E-state index is 6.63. The minimum absolute atomic E-state index is 0.634. The minimum Gasteiger partial charge on any atom is -0.491 e. The molecular weight excluding hydrogens is 548 g/mol. The molecule has 0 bridgehead atoms. The lowest BCUT2D eigenvalue weighted by Crippen LogP contribution is -2.18. The highest BCUT2D eigenvalue weighted by Crippen LogP contribution is 2.36.